The molecule has 116 valence electrons. The smallest absolute Gasteiger partial charge is 0.323 e. The van der Waals surface area contributed by atoms with Gasteiger partial charge in [0, 0.05) is 8.07 Å². The molecule has 6 heteroatoms. The molecule has 3 N–H and O–H groups in total. The normalized spacial score (nSPS) is 25.0. The van der Waals surface area contributed by atoms with Crippen LogP contribution in [0.25, 0.3) is 0 Å². The molecule has 20 heavy (non-hydrogen) atoms. The molecule has 0 aliphatic heterocycles. The molecule has 0 aromatic heterocycles. The number of rotatable bonds is 6. The van der Waals surface area contributed by atoms with Gasteiger partial charge in [-0.15, -0.1) is 0 Å². The lowest BCUT2D eigenvalue weighted by molar-refractivity contribution is -0.147. The van der Waals surface area contributed by atoms with Crippen molar-refractivity contribution >= 4 is 20.0 Å². The number of ether oxygens (including phenoxy) is 1. The monoisotopic (exact) mass is 301 g/mol. The largest absolute Gasteiger partial charge is 0.481 e. The van der Waals surface area contributed by atoms with Crippen LogP contribution >= 0.6 is 0 Å². The fourth-order valence-electron chi connectivity index (χ4n) is 2.47. The topological polar surface area (TPSA) is 89.6 Å². The SMILES string of the molecule is C[Si](C)(C)CCOC(=O)C(N)C1CCC(C(=O)O)CC1. The van der Waals surface area contributed by atoms with E-state index in [4.69, 9.17) is 15.6 Å². The van der Waals surface area contributed by atoms with Crippen LogP contribution in [0.15, 0.2) is 0 Å². The summed E-state index contributed by atoms with van der Waals surface area (Å²) in [6, 6.07) is 0.336. The number of carbonyl (C=O) groups excluding carboxylic acids is 1. The highest BCUT2D eigenvalue weighted by atomic mass is 28.3. The second kappa shape index (κ2) is 7.22. The number of aliphatic carboxylic acids is 1. The van der Waals surface area contributed by atoms with E-state index in [2.05, 4.69) is 19.6 Å². The first-order valence-electron chi connectivity index (χ1n) is 7.36. The summed E-state index contributed by atoms with van der Waals surface area (Å²) in [5.41, 5.74) is 5.95. The van der Waals surface area contributed by atoms with Gasteiger partial charge >= 0.3 is 11.9 Å². The average molecular weight is 301 g/mol. The van der Waals surface area contributed by atoms with Crippen molar-refractivity contribution < 1.29 is 19.4 Å². The summed E-state index contributed by atoms with van der Waals surface area (Å²) in [6.45, 7) is 7.14. The lowest BCUT2D eigenvalue weighted by Crippen LogP contribution is -2.42. The molecule has 5 nitrogen and oxygen atoms in total. The molecule has 1 aliphatic rings. The molecular formula is C14H27NO4Si. The molecule has 1 fully saturated rings. The van der Waals surface area contributed by atoms with Crippen LogP contribution in [0, 0.1) is 11.8 Å². The van der Waals surface area contributed by atoms with Crippen LogP contribution in [0.4, 0.5) is 0 Å². The van der Waals surface area contributed by atoms with Gasteiger partial charge < -0.3 is 15.6 Å². The molecule has 1 aliphatic carbocycles. The Morgan fingerprint density at radius 2 is 1.80 bits per heavy atom. The predicted octanol–water partition coefficient (Wildman–Crippen LogP) is 2.09. The standard InChI is InChI=1S/C14H27NO4Si/c1-20(2,3)9-8-19-14(18)12(15)10-4-6-11(7-5-10)13(16)17/h10-12H,4-9,15H2,1-3H3,(H,16,17). The molecule has 0 aromatic carbocycles. The second-order valence-corrected chi connectivity index (χ2v) is 12.6. The van der Waals surface area contributed by atoms with Gasteiger partial charge in [0.25, 0.3) is 0 Å². The van der Waals surface area contributed by atoms with Crippen LogP contribution in [0.2, 0.25) is 25.7 Å². The molecule has 0 bridgehead atoms. The van der Waals surface area contributed by atoms with Crippen molar-refractivity contribution in [3.63, 3.8) is 0 Å². The van der Waals surface area contributed by atoms with E-state index >= 15 is 0 Å². The van der Waals surface area contributed by atoms with E-state index in [0.29, 0.717) is 32.3 Å². The number of nitrogens with two attached hydrogens (primary N) is 1. The molecular weight excluding hydrogens is 274 g/mol. The summed E-state index contributed by atoms with van der Waals surface area (Å²) >= 11 is 0. The number of hydrogen-bond acceptors (Lipinski definition) is 4. The van der Waals surface area contributed by atoms with Gasteiger partial charge in [-0.3, -0.25) is 9.59 Å². The Bertz CT molecular complexity index is 346. The highest BCUT2D eigenvalue weighted by molar-refractivity contribution is 6.76. The molecule has 0 amide bonds. The number of carboxylic acid groups (broad SMARTS) is 1. The van der Waals surface area contributed by atoms with Crippen LogP contribution in [0.3, 0.4) is 0 Å². The van der Waals surface area contributed by atoms with E-state index in [0.717, 1.165) is 6.04 Å². The zero-order chi connectivity index (χ0) is 15.3. The summed E-state index contributed by atoms with van der Waals surface area (Å²) in [4.78, 5) is 22.8. The number of carbonyl (C=O) groups is 2. The highest BCUT2D eigenvalue weighted by Crippen LogP contribution is 2.30. The van der Waals surface area contributed by atoms with Crippen LogP contribution < -0.4 is 5.73 Å². The maximum absolute atomic E-state index is 11.9. The lowest BCUT2D eigenvalue weighted by Gasteiger charge is -2.29. The van der Waals surface area contributed by atoms with Gasteiger partial charge in [-0.05, 0) is 37.6 Å². The zero-order valence-corrected chi connectivity index (χ0v) is 13.7. The first-order valence-corrected chi connectivity index (χ1v) is 11.1. The number of carboxylic acids is 1. The summed E-state index contributed by atoms with van der Waals surface area (Å²) < 4.78 is 5.26. The first kappa shape index (κ1) is 17.2. The van der Waals surface area contributed by atoms with E-state index in [1.165, 1.54) is 0 Å². The molecule has 0 heterocycles. The number of hydrogen-bond donors (Lipinski definition) is 2. The van der Waals surface area contributed by atoms with Gasteiger partial charge in [-0.1, -0.05) is 19.6 Å². The maximum Gasteiger partial charge on any atom is 0.323 e. The van der Waals surface area contributed by atoms with Crippen LogP contribution in [-0.2, 0) is 14.3 Å². The van der Waals surface area contributed by atoms with Crippen molar-refractivity contribution in [3.05, 3.63) is 0 Å². The Balaban J connectivity index is 2.33. The van der Waals surface area contributed by atoms with Crippen molar-refractivity contribution in [2.45, 2.75) is 57.4 Å². The van der Waals surface area contributed by atoms with Gasteiger partial charge in [-0.2, -0.15) is 0 Å². The minimum absolute atomic E-state index is 0.0602. The molecule has 0 saturated heterocycles. The Morgan fingerprint density at radius 3 is 2.25 bits per heavy atom. The summed E-state index contributed by atoms with van der Waals surface area (Å²) in [5.74, 6) is -1.29. The molecule has 0 aromatic rings. The lowest BCUT2D eigenvalue weighted by atomic mass is 9.79. The number of esters is 1. The minimum Gasteiger partial charge on any atom is -0.481 e. The Kier molecular flexibility index (Phi) is 6.20. The van der Waals surface area contributed by atoms with Crippen molar-refractivity contribution in [2.24, 2.45) is 17.6 Å². The Hall–Kier alpha value is -0.883. The molecule has 1 saturated carbocycles. The highest BCUT2D eigenvalue weighted by Gasteiger charge is 2.32. The first-order chi connectivity index (χ1) is 9.20. The van der Waals surface area contributed by atoms with Crippen LogP contribution in [0.1, 0.15) is 25.7 Å². The predicted molar refractivity (Wildman–Crippen MR) is 80.2 cm³/mol. The van der Waals surface area contributed by atoms with Crippen molar-refractivity contribution in [2.75, 3.05) is 6.61 Å². The van der Waals surface area contributed by atoms with Crippen molar-refractivity contribution in [1.29, 1.82) is 0 Å². The van der Waals surface area contributed by atoms with Gasteiger partial charge in [0.05, 0.1) is 12.5 Å². The van der Waals surface area contributed by atoms with E-state index < -0.39 is 20.1 Å². The van der Waals surface area contributed by atoms with E-state index in [1.54, 1.807) is 0 Å². The third-order valence-electron chi connectivity index (χ3n) is 4.00. The average Bonchev–Trinajstić information content (AvgIpc) is 2.36. The van der Waals surface area contributed by atoms with Gasteiger partial charge in [0.1, 0.15) is 6.04 Å². The zero-order valence-electron chi connectivity index (χ0n) is 12.7. The Labute approximate surface area is 121 Å². The maximum atomic E-state index is 11.9. The quantitative estimate of drug-likeness (QED) is 0.579. The fraction of sp³-hybridized carbons (Fsp3) is 0.857. The van der Waals surface area contributed by atoms with E-state index in [1.807, 2.05) is 0 Å². The Morgan fingerprint density at radius 1 is 1.25 bits per heavy atom. The second-order valence-electron chi connectivity index (χ2n) is 6.95. The van der Waals surface area contributed by atoms with Gasteiger partial charge in [0.2, 0.25) is 0 Å². The van der Waals surface area contributed by atoms with Crippen LogP contribution in [0.5, 0.6) is 0 Å². The van der Waals surface area contributed by atoms with Gasteiger partial charge in [-0.25, -0.2) is 0 Å². The minimum atomic E-state index is -1.20. The molecule has 0 radical (unpaired) electrons. The van der Waals surface area contributed by atoms with Crippen molar-refractivity contribution in [3.8, 4) is 0 Å². The summed E-state index contributed by atoms with van der Waals surface area (Å²) in [5, 5.41) is 8.95. The molecule has 1 unspecified atom stereocenters. The fourth-order valence-corrected chi connectivity index (χ4v) is 3.19. The molecule has 1 rings (SSSR count). The summed E-state index contributed by atoms with van der Waals surface area (Å²) in [7, 11) is -1.20. The third kappa shape index (κ3) is 5.62. The third-order valence-corrected chi connectivity index (χ3v) is 5.70. The van der Waals surface area contributed by atoms with E-state index in [9.17, 15) is 9.59 Å². The van der Waals surface area contributed by atoms with E-state index in [-0.39, 0.29) is 17.8 Å². The van der Waals surface area contributed by atoms with Crippen LogP contribution in [-0.4, -0.2) is 37.8 Å². The molecule has 0 spiro atoms. The summed E-state index contributed by atoms with van der Waals surface area (Å²) in [6.07, 6.45) is 2.61. The molecule has 1 atom stereocenters. The van der Waals surface area contributed by atoms with Crippen molar-refractivity contribution in [1.82, 2.24) is 0 Å². The van der Waals surface area contributed by atoms with Gasteiger partial charge in [0.15, 0.2) is 0 Å².